The first-order valence-electron chi connectivity index (χ1n) is 7.17. The molecule has 2 rings (SSSR count). The number of hydrogen-bond acceptors (Lipinski definition) is 4. The van der Waals surface area contributed by atoms with Gasteiger partial charge in [-0.15, -0.1) is 0 Å². The second kappa shape index (κ2) is 6.24. The number of hydrogen-bond donors (Lipinski definition) is 3. The fraction of sp³-hybridized carbons (Fsp3) is 0.769. The number of aromatic amines is 1. The third-order valence-corrected chi connectivity index (χ3v) is 5.59. The molecular weight excluding hydrogens is 276 g/mol. The summed E-state index contributed by atoms with van der Waals surface area (Å²) in [6, 6.07) is 0. The summed E-state index contributed by atoms with van der Waals surface area (Å²) in [5.74, 6) is 1.20. The molecule has 0 saturated heterocycles. The fourth-order valence-corrected chi connectivity index (χ4v) is 4.04. The van der Waals surface area contributed by atoms with Crippen molar-refractivity contribution in [3.8, 4) is 0 Å². The molecule has 1 aliphatic rings. The van der Waals surface area contributed by atoms with Crippen LogP contribution in [0.5, 0.6) is 0 Å². The van der Waals surface area contributed by atoms with Gasteiger partial charge in [-0.1, -0.05) is 19.8 Å². The zero-order chi connectivity index (χ0) is 14.8. The van der Waals surface area contributed by atoms with Crippen molar-refractivity contribution in [2.45, 2.75) is 51.1 Å². The van der Waals surface area contributed by atoms with Crippen LogP contribution >= 0.6 is 0 Å². The molecule has 6 nitrogen and oxygen atoms in total. The van der Waals surface area contributed by atoms with Gasteiger partial charge in [-0.25, -0.2) is 13.1 Å². The summed E-state index contributed by atoms with van der Waals surface area (Å²) in [5, 5.41) is 6.61. The van der Waals surface area contributed by atoms with E-state index in [2.05, 4.69) is 21.8 Å². The SMILES string of the molecule is Cc1[nH]nc(S(=O)(=O)NCC2CCC(C)CC2)c1CN. The number of sulfonamides is 1. The molecule has 114 valence electrons. The van der Waals surface area contributed by atoms with Crippen molar-refractivity contribution in [2.75, 3.05) is 6.54 Å². The van der Waals surface area contributed by atoms with Crippen LogP contribution in [0.3, 0.4) is 0 Å². The largest absolute Gasteiger partial charge is 0.326 e. The van der Waals surface area contributed by atoms with Crippen molar-refractivity contribution in [3.63, 3.8) is 0 Å². The molecule has 20 heavy (non-hydrogen) atoms. The van der Waals surface area contributed by atoms with Crippen LogP contribution in [-0.2, 0) is 16.6 Å². The van der Waals surface area contributed by atoms with E-state index in [0.717, 1.165) is 18.8 Å². The third-order valence-electron chi connectivity index (χ3n) is 4.19. The van der Waals surface area contributed by atoms with Crippen molar-refractivity contribution in [1.29, 1.82) is 0 Å². The van der Waals surface area contributed by atoms with Crippen molar-refractivity contribution in [1.82, 2.24) is 14.9 Å². The van der Waals surface area contributed by atoms with E-state index in [0.29, 0.717) is 23.7 Å². The van der Waals surface area contributed by atoms with Gasteiger partial charge < -0.3 is 5.73 Å². The summed E-state index contributed by atoms with van der Waals surface area (Å²) >= 11 is 0. The summed E-state index contributed by atoms with van der Waals surface area (Å²) in [7, 11) is -3.57. The lowest BCUT2D eigenvalue weighted by Gasteiger charge is -2.26. The molecule has 1 aromatic heterocycles. The molecule has 0 bridgehead atoms. The lowest BCUT2D eigenvalue weighted by Crippen LogP contribution is -2.32. The Balaban J connectivity index is 2.00. The van der Waals surface area contributed by atoms with Gasteiger partial charge in [-0.3, -0.25) is 5.10 Å². The summed E-state index contributed by atoms with van der Waals surface area (Å²) in [4.78, 5) is 0. The van der Waals surface area contributed by atoms with Gasteiger partial charge in [-0.05, 0) is 31.6 Å². The molecule has 0 aromatic carbocycles. The Bertz CT molecular complexity index is 545. The maximum Gasteiger partial charge on any atom is 0.260 e. The zero-order valence-electron chi connectivity index (χ0n) is 12.1. The van der Waals surface area contributed by atoms with E-state index in [9.17, 15) is 8.42 Å². The van der Waals surface area contributed by atoms with Gasteiger partial charge in [0.15, 0.2) is 5.03 Å². The molecule has 7 heteroatoms. The van der Waals surface area contributed by atoms with Crippen molar-refractivity contribution in [2.24, 2.45) is 17.6 Å². The van der Waals surface area contributed by atoms with E-state index in [-0.39, 0.29) is 11.6 Å². The van der Waals surface area contributed by atoms with E-state index in [1.807, 2.05) is 0 Å². The molecule has 1 aliphatic carbocycles. The number of H-pyrrole nitrogens is 1. The summed E-state index contributed by atoms with van der Waals surface area (Å²) < 4.78 is 27.2. The molecule has 0 unspecified atom stereocenters. The van der Waals surface area contributed by atoms with Crippen molar-refractivity contribution < 1.29 is 8.42 Å². The van der Waals surface area contributed by atoms with Gasteiger partial charge in [-0.2, -0.15) is 5.10 Å². The van der Waals surface area contributed by atoms with Gasteiger partial charge in [0.05, 0.1) is 0 Å². The summed E-state index contributed by atoms with van der Waals surface area (Å²) in [5.41, 5.74) is 6.87. The average Bonchev–Trinajstić information content (AvgIpc) is 2.80. The lowest BCUT2D eigenvalue weighted by molar-refractivity contribution is 0.290. The van der Waals surface area contributed by atoms with E-state index in [1.165, 1.54) is 12.8 Å². The van der Waals surface area contributed by atoms with Crippen LogP contribution in [0.2, 0.25) is 0 Å². The highest BCUT2D eigenvalue weighted by molar-refractivity contribution is 7.89. The second-order valence-electron chi connectivity index (χ2n) is 5.81. The highest BCUT2D eigenvalue weighted by Gasteiger charge is 2.25. The number of aromatic nitrogens is 2. The minimum Gasteiger partial charge on any atom is -0.326 e. The Morgan fingerprint density at radius 3 is 2.60 bits per heavy atom. The predicted molar refractivity (Wildman–Crippen MR) is 77.5 cm³/mol. The summed E-state index contributed by atoms with van der Waals surface area (Å²) in [6.45, 7) is 4.68. The third kappa shape index (κ3) is 3.39. The Morgan fingerprint density at radius 1 is 1.35 bits per heavy atom. The molecule has 1 saturated carbocycles. The fourth-order valence-electron chi connectivity index (χ4n) is 2.72. The smallest absolute Gasteiger partial charge is 0.260 e. The lowest BCUT2D eigenvalue weighted by atomic mass is 9.83. The monoisotopic (exact) mass is 300 g/mol. The van der Waals surface area contributed by atoms with Crippen LogP contribution < -0.4 is 10.5 Å². The Kier molecular flexibility index (Phi) is 4.82. The topological polar surface area (TPSA) is 101 Å². The van der Waals surface area contributed by atoms with Crippen LogP contribution in [0.4, 0.5) is 0 Å². The van der Waals surface area contributed by atoms with Gasteiger partial charge in [0.25, 0.3) is 10.0 Å². The molecule has 1 aromatic rings. The van der Waals surface area contributed by atoms with Crippen LogP contribution in [0.15, 0.2) is 5.03 Å². The molecule has 0 radical (unpaired) electrons. The van der Waals surface area contributed by atoms with Gasteiger partial charge in [0.1, 0.15) is 0 Å². The van der Waals surface area contributed by atoms with Crippen molar-refractivity contribution in [3.05, 3.63) is 11.3 Å². The minimum atomic E-state index is -3.57. The number of aryl methyl sites for hydroxylation is 1. The predicted octanol–water partition coefficient (Wildman–Crippen LogP) is 1.28. The molecule has 4 N–H and O–H groups in total. The summed E-state index contributed by atoms with van der Waals surface area (Å²) in [6.07, 6.45) is 4.55. The Morgan fingerprint density at radius 2 is 2.00 bits per heavy atom. The molecule has 1 fully saturated rings. The molecule has 0 aliphatic heterocycles. The first kappa shape index (κ1) is 15.5. The van der Waals surface area contributed by atoms with Crippen LogP contribution in [-0.4, -0.2) is 25.2 Å². The van der Waals surface area contributed by atoms with E-state index in [1.54, 1.807) is 6.92 Å². The first-order valence-corrected chi connectivity index (χ1v) is 8.66. The van der Waals surface area contributed by atoms with Gasteiger partial charge in [0.2, 0.25) is 0 Å². The van der Waals surface area contributed by atoms with Crippen molar-refractivity contribution >= 4 is 10.0 Å². The normalized spacial score (nSPS) is 23.9. The van der Waals surface area contributed by atoms with Gasteiger partial charge >= 0.3 is 0 Å². The van der Waals surface area contributed by atoms with Gasteiger partial charge in [0, 0.05) is 24.3 Å². The minimum absolute atomic E-state index is 0.0432. The maximum atomic E-state index is 12.3. The quantitative estimate of drug-likeness (QED) is 0.762. The number of nitrogens with zero attached hydrogens (tertiary/aromatic N) is 1. The standard InChI is InChI=1S/C13H24N4O2S/c1-9-3-5-11(6-4-9)8-15-20(18,19)13-12(7-14)10(2)16-17-13/h9,11,15H,3-8,14H2,1-2H3,(H,16,17). The molecule has 0 amide bonds. The van der Waals surface area contributed by atoms with Crippen LogP contribution in [0.1, 0.15) is 43.9 Å². The van der Waals surface area contributed by atoms with Crippen LogP contribution in [0, 0.1) is 18.8 Å². The maximum absolute atomic E-state index is 12.3. The molecule has 0 atom stereocenters. The number of rotatable bonds is 5. The van der Waals surface area contributed by atoms with Crippen LogP contribution in [0.25, 0.3) is 0 Å². The Labute approximate surface area is 120 Å². The van der Waals surface area contributed by atoms with E-state index in [4.69, 9.17) is 5.73 Å². The zero-order valence-corrected chi connectivity index (χ0v) is 13.0. The second-order valence-corrected chi connectivity index (χ2v) is 7.50. The number of nitrogens with one attached hydrogen (secondary N) is 2. The number of nitrogens with two attached hydrogens (primary N) is 1. The molecule has 0 spiro atoms. The molecular formula is C13H24N4O2S. The highest BCUT2D eigenvalue weighted by atomic mass is 32.2. The average molecular weight is 300 g/mol. The van der Waals surface area contributed by atoms with E-state index < -0.39 is 10.0 Å². The molecule has 1 heterocycles. The highest BCUT2D eigenvalue weighted by Crippen LogP contribution is 2.28. The first-order chi connectivity index (χ1) is 9.44. The Hall–Kier alpha value is -0.920. The van der Waals surface area contributed by atoms with E-state index >= 15 is 0 Å².